The third-order valence-corrected chi connectivity index (χ3v) is 6.15. The van der Waals surface area contributed by atoms with Gasteiger partial charge in [-0.05, 0) is 56.8 Å². The van der Waals surface area contributed by atoms with Crippen LogP contribution in [0.4, 0.5) is 13.2 Å². The second-order valence-corrected chi connectivity index (χ2v) is 7.79. The van der Waals surface area contributed by atoms with Crippen LogP contribution in [0.15, 0.2) is 24.3 Å². The summed E-state index contributed by atoms with van der Waals surface area (Å²) in [4.78, 5) is 15.6. The fourth-order valence-electron chi connectivity index (χ4n) is 4.38. The van der Waals surface area contributed by atoms with Crippen molar-refractivity contribution in [3.05, 3.63) is 35.4 Å². The Balaban J connectivity index is 1.80. The number of amides is 1. The Bertz CT molecular complexity index is 666. The highest BCUT2D eigenvalue weighted by molar-refractivity contribution is 5.88. The topological polar surface area (TPSA) is 41.6 Å². The second-order valence-electron chi connectivity index (χ2n) is 7.79. The van der Waals surface area contributed by atoms with Crippen molar-refractivity contribution in [2.24, 2.45) is 0 Å². The van der Waals surface area contributed by atoms with Crippen LogP contribution in [-0.2, 0) is 21.1 Å². The third-order valence-electron chi connectivity index (χ3n) is 6.15. The maximum absolute atomic E-state index is 13.3. The summed E-state index contributed by atoms with van der Waals surface area (Å²) in [7, 11) is 0. The van der Waals surface area contributed by atoms with E-state index in [9.17, 15) is 18.0 Å². The number of carbonyl (C=O) groups is 1. The molecule has 2 aliphatic heterocycles. The number of hydrogen-bond donors (Lipinski definition) is 1. The van der Waals surface area contributed by atoms with Gasteiger partial charge in [0, 0.05) is 25.8 Å². The predicted molar refractivity (Wildman–Crippen MR) is 101 cm³/mol. The molecule has 4 nitrogen and oxygen atoms in total. The Morgan fingerprint density at radius 1 is 1.25 bits per heavy atom. The molecule has 0 saturated carbocycles. The van der Waals surface area contributed by atoms with E-state index in [1.165, 1.54) is 18.9 Å². The number of benzene rings is 1. The molecular weight excluding hydrogens is 369 g/mol. The molecule has 0 bridgehead atoms. The number of halogens is 3. The van der Waals surface area contributed by atoms with E-state index in [1.54, 1.807) is 6.07 Å². The maximum Gasteiger partial charge on any atom is 0.416 e. The number of nitrogens with one attached hydrogen (secondary N) is 1. The lowest BCUT2D eigenvalue weighted by Crippen LogP contribution is -2.51. The number of likely N-dealkylation sites (tertiary alicyclic amines) is 1. The molecule has 156 valence electrons. The van der Waals surface area contributed by atoms with E-state index in [1.807, 2.05) is 0 Å². The molecule has 1 atom stereocenters. The van der Waals surface area contributed by atoms with Crippen LogP contribution >= 0.6 is 0 Å². The monoisotopic (exact) mass is 398 g/mol. The minimum Gasteiger partial charge on any atom is -0.381 e. The van der Waals surface area contributed by atoms with E-state index in [2.05, 4.69) is 17.1 Å². The highest BCUT2D eigenvalue weighted by Gasteiger charge is 2.43. The zero-order valence-electron chi connectivity index (χ0n) is 16.4. The van der Waals surface area contributed by atoms with Crippen LogP contribution in [-0.4, -0.2) is 49.7 Å². The Morgan fingerprint density at radius 2 is 1.93 bits per heavy atom. The van der Waals surface area contributed by atoms with E-state index < -0.39 is 17.2 Å². The van der Waals surface area contributed by atoms with Gasteiger partial charge in [-0.1, -0.05) is 25.1 Å². The molecule has 1 amide bonds. The van der Waals surface area contributed by atoms with Gasteiger partial charge < -0.3 is 10.1 Å². The molecule has 1 N–H and O–H groups in total. The molecule has 3 rings (SSSR count). The van der Waals surface area contributed by atoms with E-state index >= 15 is 0 Å². The molecule has 2 heterocycles. The van der Waals surface area contributed by atoms with Gasteiger partial charge in [0.25, 0.3) is 0 Å². The summed E-state index contributed by atoms with van der Waals surface area (Å²) in [5.74, 6) is -0.187. The summed E-state index contributed by atoms with van der Waals surface area (Å²) in [6.45, 7) is 5.45. The van der Waals surface area contributed by atoms with Gasteiger partial charge in [-0.25, -0.2) is 0 Å². The summed E-state index contributed by atoms with van der Waals surface area (Å²) < 4.78 is 45.0. The van der Waals surface area contributed by atoms with Crippen LogP contribution in [0.5, 0.6) is 0 Å². The second kappa shape index (κ2) is 8.82. The molecule has 0 spiro atoms. The average Bonchev–Trinajstić information content (AvgIpc) is 3.23. The van der Waals surface area contributed by atoms with Gasteiger partial charge in [0.2, 0.25) is 5.91 Å². The number of carbonyl (C=O) groups excluding carboxylic acids is 1. The molecule has 0 unspecified atom stereocenters. The largest absolute Gasteiger partial charge is 0.416 e. The fourth-order valence-corrected chi connectivity index (χ4v) is 4.38. The Labute approximate surface area is 164 Å². The summed E-state index contributed by atoms with van der Waals surface area (Å²) in [6, 6.07) is 5.47. The molecule has 2 fully saturated rings. The molecule has 1 aromatic carbocycles. The lowest BCUT2D eigenvalue weighted by atomic mass is 9.73. The van der Waals surface area contributed by atoms with Crippen LogP contribution in [0.3, 0.4) is 0 Å². The van der Waals surface area contributed by atoms with Gasteiger partial charge >= 0.3 is 6.18 Å². The van der Waals surface area contributed by atoms with Crippen molar-refractivity contribution in [1.29, 1.82) is 0 Å². The van der Waals surface area contributed by atoms with Gasteiger partial charge in [-0.2, -0.15) is 13.2 Å². The van der Waals surface area contributed by atoms with Crippen LogP contribution in [0, 0.1) is 0 Å². The minimum absolute atomic E-state index is 0.187. The number of hydrogen-bond acceptors (Lipinski definition) is 3. The molecular formula is C21H29F3N2O2. The van der Waals surface area contributed by atoms with Crippen LogP contribution in [0.25, 0.3) is 0 Å². The van der Waals surface area contributed by atoms with Crippen LogP contribution in [0.1, 0.15) is 50.2 Å². The predicted octanol–water partition coefficient (Wildman–Crippen LogP) is 3.74. The number of ether oxygens (including phenoxy) is 1. The maximum atomic E-state index is 13.3. The van der Waals surface area contributed by atoms with Crippen molar-refractivity contribution in [3.8, 4) is 0 Å². The number of rotatable bonds is 6. The summed E-state index contributed by atoms with van der Waals surface area (Å²) in [5, 5.41) is 3.06. The molecule has 1 aromatic rings. The van der Waals surface area contributed by atoms with E-state index in [-0.39, 0.29) is 11.9 Å². The molecule has 2 aliphatic rings. The standard InChI is InChI=1S/C21H29F3N2O2/c1-2-18(26-10-3-4-11-26)15-25-19(27)20(8-12-28-13-9-20)16-6-5-7-17(14-16)21(22,23)24/h5-7,14,18H,2-4,8-13,15H2,1H3,(H,25,27)/t18-/m0/s1. The minimum atomic E-state index is -4.43. The summed E-state index contributed by atoms with van der Waals surface area (Å²) in [6.07, 6.45) is -0.366. The first kappa shape index (κ1) is 21.1. The highest BCUT2D eigenvalue weighted by Crippen LogP contribution is 2.38. The van der Waals surface area contributed by atoms with Gasteiger partial charge in [0.15, 0.2) is 0 Å². The first-order valence-electron chi connectivity index (χ1n) is 10.1. The molecule has 0 aliphatic carbocycles. The van der Waals surface area contributed by atoms with Gasteiger partial charge in [0.1, 0.15) is 0 Å². The molecule has 2 saturated heterocycles. The van der Waals surface area contributed by atoms with Crippen LogP contribution < -0.4 is 5.32 Å². The SMILES string of the molecule is CC[C@@H](CNC(=O)C1(c2cccc(C(F)(F)F)c2)CCOCC1)N1CCCC1. The zero-order chi connectivity index (χ0) is 20.2. The quantitative estimate of drug-likeness (QED) is 0.794. The Hall–Kier alpha value is -1.60. The van der Waals surface area contributed by atoms with E-state index in [4.69, 9.17) is 4.74 Å². The van der Waals surface area contributed by atoms with E-state index in [0.29, 0.717) is 38.2 Å². The average molecular weight is 398 g/mol. The third kappa shape index (κ3) is 4.51. The Morgan fingerprint density at radius 3 is 2.54 bits per heavy atom. The normalized spacial score (nSPS) is 21.4. The fraction of sp³-hybridized carbons (Fsp3) is 0.667. The van der Waals surface area contributed by atoms with Crippen molar-refractivity contribution >= 4 is 5.91 Å². The van der Waals surface area contributed by atoms with Gasteiger partial charge in [-0.15, -0.1) is 0 Å². The van der Waals surface area contributed by atoms with Crippen molar-refractivity contribution in [2.75, 3.05) is 32.8 Å². The van der Waals surface area contributed by atoms with Gasteiger partial charge in [-0.3, -0.25) is 9.69 Å². The highest BCUT2D eigenvalue weighted by atomic mass is 19.4. The molecule has 0 aromatic heterocycles. The van der Waals surface area contributed by atoms with Crippen LogP contribution in [0.2, 0.25) is 0 Å². The molecule has 0 radical (unpaired) electrons. The zero-order valence-corrected chi connectivity index (χ0v) is 16.4. The van der Waals surface area contributed by atoms with Crippen molar-refractivity contribution in [3.63, 3.8) is 0 Å². The van der Waals surface area contributed by atoms with Crippen molar-refractivity contribution in [2.45, 2.75) is 56.7 Å². The lowest BCUT2D eigenvalue weighted by Gasteiger charge is -2.37. The smallest absolute Gasteiger partial charge is 0.381 e. The first-order chi connectivity index (χ1) is 13.4. The molecule has 28 heavy (non-hydrogen) atoms. The number of nitrogens with zero attached hydrogens (tertiary/aromatic N) is 1. The van der Waals surface area contributed by atoms with Gasteiger partial charge in [0.05, 0.1) is 11.0 Å². The lowest BCUT2D eigenvalue weighted by molar-refractivity contribution is -0.138. The molecule has 7 heteroatoms. The Kier molecular flexibility index (Phi) is 6.65. The first-order valence-corrected chi connectivity index (χ1v) is 10.1. The van der Waals surface area contributed by atoms with Crippen molar-refractivity contribution in [1.82, 2.24) is 10.2 Å². The summed E-state index contributed by atoms with van der Waals surface area (Å²) in [5.41, 5.74) is -1.26. The van der Waals surface area contributed by atoms with Crippen molar-refractivity contribution < 1.29 is 22.7 Å². The van der Waals surface area contributed by atoms with E-state index in [0.717, 1.165) is 31.6 Å². The summed E-state index contributed by atoms with van der Waals surface area (Å²) >= 11 is 0. The number of alkyl halides is 3.